The largest absolute Gasteiger partial charge is 0.450 e. The van der Waals surface area contributed by atoms with Crippen LogP contribution in [-0.2, 0) is 11.3 Å². The van der Waals surface area contributed by atoms with E-state index in [0.29, 0.717) is 31.3 Å². The summed E-state index contributed by atoms with van der Waals surface area (Å²) in [5, 5.41) is 2.65. The van der Waals surface area contributed by atoms with Gasteiger partial charge in [-0.1, -0.05) is 0 Å². The Bertz CT molecular complexity index is 526. The molecule has 1 N–H and O–H groups in total. The predicted molar refractivity (Wildman–Crippen MR) is 68.3 cm³/mol. The van der Waals surface area contributed by atoms with E-state index < -0.39 is 6.09 Å². The van der Waals surface area contributed by atoms with Gasteiger partial charge in [0, 0.05) is 37.9 Å². The lowest BCUT2D eigenvalue weighted by Gasteiger charge is -2.08. The van der Waals surface area contributed by atoms with Crippen molar-refractivity contribution in [3.63, 3.8) is 0 Å². The zero-order valence-corrected chi connectivity index (χ0v) is 10.6. The summed E-state index contributed by atoms with van der Waals surface area (Å²) in [6.45, 7) is 3.15. The van der Waals surface area contributed by atoms with Crippen LogP contribution in [0.2, 0.25) is 0 Å². The number of hydrogen-bond acceptors (Lipinski definition) is 5. The molecule has 0 aliphatic rings. The maximum Gasteiger partial charge on any atom is 0.407 e. The lowest BCUT2D eigenvalue weighted by molar-refractivity contribution is 0.152. The monoisotopic (exact) mass is 261 g/mol. The minimum Gasteiger partial charge on any atom is -0.450 e. The van der Waals surface area contributed by atoms with Crippen molar-refractivity contribution < 1.29 is 9.53 Å². The molecule has 2 rings (SSSR count). The molecule has 2 aromatic rings. The van der Waals surface area contributed by atoms with Crippen molar-refractivity contribution in [1.82, 2.24) is 24.8 Å². The Kier molecular flexibility index (Phi) is 4.44. The molecule has 0 spiro atoms. The molecule has 1 amide bonds. The van der Waals surface area contributed by atoms with Gasteiger partial charge in [-0.25, -0.2) is 19.7 Å². The normalized spacial score (nSPS) is 10.2. The molecular formula is C12H15N5O2. The van der Waals surface area contributed by atoms with Crippen molar-refractivity contribution in [2.75, 3.05) is 13.2 Å². The maximum absolute atomic E-state index is 11.1. The van der Waals surface area contributed by atoms with Crippen LogP contribution in [0.3, 0.4) is 0 Å². The van der Waals surface area contributed by atoms with Gasteiger partial charge < -0.3 is 14.6 Å². The molecule has 0 aromatic carbocycles. The van der Waals surface area contributed by atoms with Crippen LogP contribution >= 0.6 is 0 Å². The van der Waals surface area contributed by atoms with Crippen molar-refractivity contribution in [2.24, 2.45) is 0 Å². The summed E-state index contributed by atoms with van der Waals surface area (Å²) in [7, 11) is 0. The third kappa shape index (κ3) is 3.51. The molecule has 0 bridgehead atoms. The minimum absolute atomic E-state index is 0.361. The van der Waals surface area contributed by atoms with Gasteiger partial charge in [0.05, 0.1) is 6.61 Å². The van der Waals surface area contributed by atoms with E-state index in [2.05, 4.69) is 20.3 Å². The summed E-state index contributed by atoms with van der Waals surface area (Å²) in [6, 6.07) is 1.75. The molecule has 0 saturated carbocycles. The summed E-state index contributed by atoms with van der Waals surface area (Å²) >= 11 is 0. The van der Waals surface area contributed by atoms with Crippen molar-refractivity contribution in [3.8, 4) is 11.6 Å². The van der Waals surface area contributed by atoms with E-state index in [1.165, 1.54) is 0 Å². The Morgan fingerprint density at radius 1 is 1.32 bits per heavy atom. The van der Waals surface area contributed by atoms with E-state index >= 15 is 0 Å². The molecule has 19 heavy (non-hydrogen) atoms. The van der Waals surface area contributed by atoms with Gasteiger partial charge in [-0.3, -0.25) is 0 Å². The van der Waals surface area contributed by atoms with E-state index in [9.17, 15) is 4.79 Å². The average molecular weight is 261 g/mol. The molecule has 7 nitrogen and oxygen atoms in total. The lowest BCUT2D eigenvalue weighted by Crippen LogP contribution is -2.27. The second-order valence-corrected chi connectivity index (χ2v) is 3.66. The molecule has 0 fully saturated rings. The Morgan fingerprint density at radius 2 is 2.11 bits per heavy atom. The Morgan fingerprint density at radius 3 is 2.84 bits per heavy atom. The number of amides is 1. The number of alkyl carbamates (subject to hydrolysis) is 1. The quantitative estimate of drug-likeness (QED) is 0.871. The summed E-state index contributed by atoms with van der Waals surface area (Å²) in [5.74, 6) is 1.23. The van der Waals surface area contributed by atoms with Gasteiger partial charge in [0.2, 0.25) is 0 Å². The number of carbonyl (C=O) groups is 1. The zero-order chi connectivity index (χ0) is 13.5. The molecule has 0 aliphatic heterocycles. The highest BCUT2D eigenvalue weighted by molar-refractivity contribution is 5.66. The predicted octanol–water partition coefficient (Wildman–Crippen LogP) is 1.09. The molecule has 0 atom stereocenters. The molecule has 2 aromatic heterocycles. The summed E-state index contributed by atoms with van der Waals surface area (Å²) in [4.78, 5) is 23.7. The van der Waals surface area contributed by atoms with Crippen molar-refractivity contribution in [3.05, 3.63) is 30.9 Å². The summed E-state index contributed by atoms with van der Waals surface area (Å²) < 4.78 is 6.65. The lowest BCUT2D eigenvalue weighted by atomic mass is 10.5. The van der Waals surface area contributed by atoms with Crippen LogP contribution in [0.1, 0.15) is 6.92 Å². The van der Waals surface area contributed by atoms with Gasteiger partial charge in [-0.05, 0) is 13.0 Å². The van der Waals surface area contributed by atoms with E-state index in [1.807, 2.05) is 10.8 Å². The molecule has 7 heteroatoms. The van der Waals surface area contributed by atoms with Gasteiger partial charge >= 0.3 is 6.09 Å². The smallest absolute Gasteiger partial charge is 0.407 e. The van der Waals surface area contributed by atoms with Crippen LogP contribution in [0.5, 0.6) is 0 Å². The number of aromatic nitrogens is 4. The van der Waals surface area contributed by atoms with Crippen LogP contribution in [0, 0.1) is 0 Å². The highest BCUT2D eigenvalue weighted by atomic mass is 16.5. The molecule has 0 saturated heterocycles. The van der Waals surface area contributed by atoms with E-state index in [0.717, 1.165) is 0 Å². The first-order valence-corrected chi connectivity index (χ1v) is 6.00. The fourth-order valence-electron chi connectivity index (χ4n) is 1.57. The topological polar surface area (TPSA) is 81.9 Å². The first-order valence-electron chi connectivity index (χ1n) is 6.00. The van der Waals surface area contributed by atoms with Gasteiger partial charge in [0.15, 0.2) is 11.6 Å². The van der Waals surface area contributed by atoms with Crippen LogP contribution < -0.4 is 5.32 Å². The SMILES string of the molecule is CCOC(=O)NCCn1ccnc1-c1ncccn1. The second kappa shape index (κ2) is 6.48. The highest BCUT2D eigenvalue weighted by Crippen LogP contribution is 2.10. The number of rotatable bonds is 5. The van der Waals surface area contributed by atoms with Gasteiger partial charge in [-0.15, -0.1) is 0 Å². The van der Waals surface area contributed by atoms with E-state index in [-0.39, 0.29) is 0 Å². The molecular weight excluding hydrogens is 246 g/mol. The summed E-state index contributed by atoms with van der Waals surface area (Å²) in [6.07, 6.45) is 6.41. The molecule has 2 heterocycles. The van der Waals surface area contributed by atoms with Crippen LogP contribution in [0.25, 0.3) is 11.6 Å². The third-order valence-electron chi connectivity index (χ3n) is 2.38. The third-order valence-corrected chi connectivity index (χ3v) is 2.38. The van der Waals surface area contributed by atoms with E-state index in [4.69, 9.17) is 4.74 Å². The maximum atomic E-state index is 11.1. The van der Waals surface area contributed by atoms with E-state index in [1.54, 1.807) is 31.6 Å². The van der Waals surface area contributed by atoms with Crippen molar-refractivity contribution in [2.45, 2.75) is 13.5 Å². The highest BCUT2D eigenvalue weighted by Gasteiger charge is 2.08. The molecule has 100 valence electrons. The van der Waals surface area contributed by atoms with Gasteiger partial charge in [-0.2, -0.15) is 0 Å². The number of hydrogen-bond donors (Lipinski definition) is 1. The van der Waals surface area contributed by atoms with Crippen LogP contribution in [-0.4, -0.2) is 38.8 Å². The fourth-order valence-corrected chi connectivity index (χ4v) is 1.57. The zero-order valence-electron chi connectivity index (χ0n) is 10.6. The summed E-state index contributed by atoms with van der Waals surface area (Å²) in [5.41, 5.74) is 0. The number of imidazole rings is 1. The minimum atomic E-state index is -0.417. The number of nitrogens with zero attached hydrogens (tertiary/aromatic N) is 4. The van der Waals surface area contributed by atoms with Crippen molar-refractivity contribution >= 4 is 6.09 Å². The molecule has 0 unspecified atom stereocenters. The number of carbonyl (C=O) groups excluding carboxylic acids is 1. The van der Waals surface area contributed by atoms with Crippen LogP contribution in [0.15, 0.2) is 30.9 Å². The van der Waals surface area contributed by atoms with Gasteiger partial charge in [0.1, 0.15) is 0 Å². The second-order valence-electron chi connectivity index (χ2n) is 3.66. The fraction of sp³-hybridized carbons (Fsp3) is 0.333. The Balaban J connectivity index is 1.95. The van der Waals surface area contributed by atoms with Crippen LogP contribution in [0.4, 0.5) is 4.79 Å². The molecule has 0 aliphatic carbocycles. The first-order chi connectivity index (χ1) is 9.31. The van der Waals surface area contributed by atoms with Crippen molar-refractivity contribution in [1.29, 1.82) is 0 Å². The Labute approximate surface area is 110 Å². The number of nitrogens with one attached hydrogen (secondary N) is 1. The average Bonchev–Trinajstić information content (AvgIpc) is 2.88. The number of ether oxygens (including phenoxy) is 1. The standard InChI is InChI=1S/C12H15N5O2/c1-2-19-12(18)16-7-9-17-8-6-15-11(17)10-13-4-3-5-14-10/h3-6,8H,2,7,9H2,1H3,(H,16,18). The Hall–Kier alpha value is -2.44. The molecule has 0 radical (unpaired) electrons. The first kappa shape index (κ1) is 13.0. The van der Waals surface area contributed by atoms with Gasteiger partial charge in [0.25, 0.3) is 0 Å².